The fourth-order valence-corrected chi connectivity index (χ4v) is 5.50. The molecule has 1 saturated carbocycles. The highest BCUT2D eigenvalue weighted by atomic mass is 35.5. The zero-order valence-corrected chi connectivity index (χ0v) is 16.5. The van der Waals surface area contributed by atoms with E-state index in [0.29, 0.717) is 17.9 Å². The van der Waals surface area contributed by atoms with Crippen LogP contribution in [-0.4, -0.2) is 40.6 Å². The van der Waals surface area contributed by atoms with E-state index in [-0.39, 0.29) is 24.4 Å². The molecule has 1 unspecified atom stereocenters. The monoisotopic (exact) mass is 407 g/mol. The van der Waals surface area contributed by atoms with Gasteiger partial charge in [0.2, 0.25) is 5.91 Å². The van der Waals surface area contributed by atoms with Crippen LogP contribution in [0.25, 0.3) is 0 Å². The molecule has 27 heavy (non-hydrogen) atoms. The number of benzene rings is 1. The number of imide groups is 1. The Morgan fingerprint density at radius 3 is 2.85 bits per heavy atom. The van der Waals surface area contributed by atoms with Crippen LogP contribution in [0, 0.1) is 0 Å². The number of halogens is 1. The summed E-state index contributed by atoms with van der Waals surface area (Å²) in [5.74, 6) is 0.311. The number of nitrogens with zero attached hydrogens (tertiary/aromatic N) is 1. The number of rotatable bonds is 3. The summed E-state index contributed by atoms with van der Waals surface area (Å²) in [7, 11) is 0. The number of amides is 4. The van der Waals surface area contributed by atoms with Crippen LogP contribution in [0.2, 0.25) is 5.02 Å². The molecule has 2 N–H and O–H groups in total. The van der Waals surface area contributed by atoms with Crippen LogP contribution in [0.3, 0.4) is 0 Å². The highest BCUT2D eigenvalue weighted by molar-refractivity contribution is 7.99. The Morgan fingerprint density at radius 1 is 1.30 bits per heavy atom. The molecule has 1 aromatic rings. The summed E-state index contributed by atoms with van der Waals surface area (Å²) in [5, 5.41) is 6.44. The molecule has 0 radical (unpaired) electrons. The first kappa shape index (κ1) is 18.6. The topological polar surface area (TPSA) is 78.5 Å². The average Bonchev–Trinajstić information content (AvgIpc) is 2.87. The van der Waals surface area contributed by atoms with Gasteiger partial charge < -0.3 is 10.6 Å². The van der Waals surface area contributed by atoms with Gasteiger partial charge in [0.15, 0.2) is 0 Å². The smallest absolute Gasteiger partial charge is 0.325 e. The number of urea groups is 1. The normalized spacial score (nSPS) is 23.9. The number of hydrogen-bond donors (Lipinski definition) is 2. The maximum absolute atomic E-state index is 12.8. The van der Waals surface area contributed by atoms with E-state index < -0.39 is 11.6 Å². The lowest BCUT2D eigenvalue weighted by atomic mass is 9.82. The molecule has 2 fully saturated rings. The molecule has 3 aliphatic rings. The molecular weight excluding hydrogens is 386 g/mol. The van der Waals surface area contributed by atoms with Gasteiger partial charge in [-0.3, -0.25) is 14.5 Å². The van der Waals surface area contributed by atoms with E-state index >= 15 is 0 Å². The Labute approximate surface area is 167 Å². The van der Waals surface area contributed by atoms with Crippen LogP contribution in [0.1, 0.15) is 50.1 Å². The highest BCUT2D eigenvalue weighted by Gasteiger charge is 2.51. The van der Waals surface area contributed by atoms with Gasteiger partial charge in [0, 0.05) is 15.7 Å². The van der Waals surface area contributed by atoms with Gasteiger partial charge in [0.05, 0.1) is 6.04 Å². The molecule has 1 aliphatic carbocycles. The minimum absolute atomic E-state index is 0.156. The number of nitrogens with one attached hydrogen (secondary N) is 2. The van der Waals surface area contributed by atoms with Crippen LogP contribution in [0.4, 0.5) is 4.79 Å². The number of carbonyl (C=O) groups is 3. The van der Waals surface area contributed by atoms with Crippen molar-refractivity contribution in [1.82, 2.24) is 15.5 Å². The molecule has 8 heteroatoms. The molecule has 0 bridgehead atoms. The van der Waals surface area contributed by atoms with Gasteiger partial charge in [-0.1, -0.05) is 30.9 Å². The third-order valence-electron chi connectivity index (χ3n) is 5.60. The van der Waals surface area contributed by atoms with Crippen molar-refractivity contribution in [3.8, 4) is 0 Å². The fourth-order valence-electron chi connectivity index (χ4n) is 4.21. The lowest BCUT2D eigenvalue weighted by Gasteiger charge is -2.30. The molecule has 6 nitrogen and oxygen atoms in total. The quantitative estimate of drug-likeness (QED) is 0.754. The summed E-state index contributed by atoms with van der Waals surface area (Å²) in [6.07, 6.45) is 5.01. The number of hydrogen-bond acceptors (Lipinski definition) is 4. The zero-order valence-electron chi connectivity index (χ0n) is 14.9. The first-order valence-corrected chi connectivity index (χ1v) is 10.7. The molecule has 1 spiro atoms. The number of fused-ring (bicyclic) bond motifs is 1. The van der Waals surface area contributed by atoms with Crippen LogP contribution in [-0.2, 0) is 9.59 Å². The van der Waals surface area contributed by atoms with Crippen molar-refractivity contribution in [2.24, 2.45) is 0 Å². The molecule has 4 rings (SSSR count). The minimum atomic E-state index is -0.794. The third kappa shape index (κ3) is 3.55. The second-order valence-corrected chi connectivity index (χ2v) is 8.98. The van der Waals surface area contributed by atoms with Crippen molar-refractivity contribution in [2.45, 2.75) is 55.0 Å². The Morgan fingerprint density at radius 2 is 2.07 bits per heavy atom. The Hall–Kier alpha value is -1.73. The maximum Gasteiger partial charge on any atom is 0.325 e. The lowest BCUT2D eigenvalue weighted by molar-refractivity contribution is -0.136. The van der Waals surface area contributed by atoms with Crippen LogP contribution < -0.4 is 10.6 Å². The van der Waals surface area contributed by atoms with Crippen molar-refractivity contribution >= 4 is 41.2 Å². The molecule has 2 aliphatic heterocycles. The van der Waals surface area contributed by atoms with Gasteiger partial charge in [-0.2, -0.15) is 0 Å². The molecular formula is C19H22ClN3O3S. The summed E-state index contributed by atoms with van der Waals surface area (Å²) in [6, 6.07) is 5.06. The Bertz CT molecular complexity index is 794. The summed E-state index contributed by atoms with van der Waals surface area (Å²) in [5.41, 5.74) is 0.199. The lowest BCUT2D eigenvalue weighted by Crippen LogP contribution is -2.49. The van der Waals surface area contributed by atoms with E-state index in [9.17, 15) is 14.4 Å². The minimum Gasteiger partial charge on any atom is -0.348 e. The predicted molar refractivity (Wildman–Crippen MR) is 104 cm³/mol. The molecule has 144 valence electrons. The zero-order chi connectivity index (χ0) is 19.0. The molecule has 4 amide bonds. The first-order chi connectivity index (χ1) is 13.0. The van der Waals surface area contributed by atoms with Crippen molar-refractivity contribution < 1.29 is 14.4 Å². The highest BCUT2D eigenvalue weighted by Crippen LogP contribution is 2.38. The Kier molecular flexibility index (Phi) is 5.07. The van der Waals surface area contributed by atoms with Crippen molar-refractivity contribution in [3.63, 3.8) is 0 Å². The van der Waals surface area contributed by atoms with E-state index in [4.69, 9.17) is 11.6 Å². The second-order valence-electron chi connectivity index (χ2n) is 7.40. The molecule has 1 saturated heterocycles. The molecule has 1 aromatic carbocycles. The van der Waals surface area contributed by atoms with E-state index in [0.717, 1.165) is 46.8 Å². The van der Waals surface area contributed by atoms with Crippen LogP contribution in [0.5, 0.6) is 0 Å². The molecule has 1 atom stereocenters. The summed E-state index contributed by atoms with van der Waals surface area (Å²) < 4.78 is 0. The maximum atomic E-state index is 12.8. The van der Waals surface area contributed by atoms with Crippen molar-refractivity contribution in [2.75, 3.05) is 12.3 Å². The largest absolute Gasteiger partial charge is 0.348 e. The number of carbonyl (C=O) groups excluding carboxylic acids is 3. The standard InChI is InChI=1S/C19H22ClN3O3S/c20-12-4-5-15-13(10-12)14(6-9-27-15)21-16(24)11-23-17(25)19(22-18(23)26)7-2-1-3-8-19/h4-5,10,14H,1-3,6-9,11H2,(H,21,24)(H,22,26). The van der Waals surface area contributed by atoms with Gasteiger partial charge in [-0.15, -0.1) is 11.8 Å². The van der Waals surface area contributed by atoms with E-state index in [1.54, 1.807) is 11.8 Å². The second kappa shape index (κ2) is 7.36. The van der Waals surface area contributed by atoms with E-state index in [1.165, 1.54) is 0 Å². The summed E-state index contributed by atoms with van der Waals surface area (Å²) in [4.78, 5) is 39.9. The SMILES string of the molecule is O=C(CN1C(=O)NC2(CCCCC2)C1=O)NC1CCSc2ccc(Cl)cc21. The average molecular weight is 408 g/mol. The van der Waals surface area contributed by atoms with Crippen LogP contribution >= 0.6 is 23.4 Å². The third-order valence-corrected chi connectivity index (χ3v) is 6.96. The van der Waals surface area contributed by atoms with Crippen molar-refractivity contribution in [1.29, 1.82) is 0 Å². The van der Waals surface area contributed by atoms with Gasteiger partial charge in [-0.05, 0) is 43.0 Å². The summed E-state index contributed by atoms with van der Waals surface area (Å²) >= 11 is 7.85. The molecule has 0 aromatic heterocycles. The van der Waals surface area contributed by atoms with Gasteiger partial charge in [-0.25, -0.2) is 4.79 Å². The van der Waals surface area contributed by atoms with Crippen molar-refractivity contribution in [3.05, 3.63) is 28.8 Å². The predicted octanol–water partition coefficient (Wildman–Crippen LogP) is 3.25. The molecule has 2 heterocycles. The summed E-state index contributed by atoms with van der Waals surface area (Å²) in [6.45, 7) is -0.244. The first-order valence-electron chi connectivity index (χ1n) is 9.34. The number of thioether (sulfide) groups is 1. The van der Waals surface area contributed by atoms with E-state index in [2.05, 4.69) is 10.6 Å². The fraction of sp³-hybridized carbons (Fsp3) is 0.526. The van der Waals surface area contributed by atoms with E-state index in [1.807, 2.05) is 18.2 Å². The van der Waals surface area contributed by atoms with Gasteiger partial charge in [0.25, 0.3) is 5.91 Å². The van der Waals surface area contributed by atoms with Gasteiger partial charge in [0.1, 0.15) is 12.1 Å². The Balaban J connectivity index is 1.44. The van der Waals surface area contributed by atoms with Gasteiger partial charge >= 0.3 is 6.03 Å². The van der Waals surface area contributed by atoms with Crippen LogP contribution in [0.15, 0.2) is 23.1 Å².